The predicted molar refractivity (Wildman–Crippen MR) is 142 cm³/mol. The Bertz CT molecular complexity index is 1660. The molecule has 1 aliphatic heterocycles. The van der Waals surface area contributed by atoms with Crippen LogP contribution < -0.4 is 5.73 Å². The Balaban J connectivity index is 1.33. The van der Waals surface area contributed by atoms with Crippen molar-refractivity contribution in [3.8, 4) is 17.2 Å². The minimum atomic E-state index is -2.67. The number of carbonyl (C=O) groups is 2. The molecular weight excluding hydrogens is 559 g/mol. The number of alkyl halides is 1. The third-order valence-corrected chi connectivity index (χ3v) is 6.97. The van der Waals surface area contributed by atoms with E-state index in [9.17, 15) is 25.1 Å². The summed E-state index contributed by atoms with van der Waals surface area (Å²) in [5.41, 5.74) is 5.67. The summed E-state index contributed by atoms with van der Waals surface area (Å²) in [5.74, 6) is -3.45. The number of nitrogens with zero attached hydrogens (tertiary/aromatic N) is 5. The lowest BCUT2D eigenvalue weighted by atomic mass is 9.92. The Morgan fingerprint density at radius 2 is 1.90 bits per heavy atom. The molecule has 5 rings (SSSR count). The van der Waals surface area contributed by atoms with E-state index in [2.05, 4.69) is 21.0 Å². The van der Waals surface area contributed by atoms with Gasteiger partial charge in [0.2, 0.25) is 5.28 Å². The molecule has 12 nitrogen and oxygen atoms in total. The van der Waals surface area contributed by atoms with E-state index in [-0.39, 0.29) is 28.7 Å². The van der Waals surface area contributed by atoms with Crippen molar-refractivity contribution >= 4 is 40.5 Å². The second kappa shape index (κ2) is 11.1. The van der Waals surface area contributed by atoms with E-state index in [1.807, 2.05) is 0 Å². The Hall–Kier alpha value is -4.64. The maximum atomic E-state index is 15.1. The second-order valence-corrected chi connectivity index (χ2v) is 9.72. The SMILES string of the molecule is N#Cc1ccccc1-c1ccc(CC(OCC2CC(F)C(n3cnc4c(N)nc(Cl)nc43)O2)(C(=O)O)C(=O)O)cc1. The highest BCUT2D eigenvalue weighted by molar-refractivity contribution is 6.28. The summed E-state index contributed by atoms with van der Waals surface area (Å²) in [4.78, 5) is 36.5. The number of aromatic nitrogens is 4. The zero-order valence-corrected chi connectivity index (χ0v) is 21.9. The fourth-order valence-corrected chi connectivity index (χ4v) is 4.90. The number of halogens is 2. The molecule has 1 aliphatic rings. The topological polar surface area (TPSA) is 186 Å². The molecule has 0 bridgehead atoms. The quantitative estimate of drug-likeness (QED) is 0.194. The van der Waals surface area contributed by atoms with Gasteiger partial charge in [0.05, 0.1) is 30.7 Å². The number of nitrogen functional groups attached to an aromatic ring is 1. The average Bonchev–Trinajstić information content (AvgIpc) is 3.53. The molecular formula is C27H22ClFN6O6. The van der Waals surface area contributed by atoms with Crippen molar-refractivity contribution in [1.29, 1.82) is 5.26 Å². The summed E-state index contributed by atoms with van der Waals surface area (Å²) in [6.07, 6.45) is -3.24. The van der Waals surface area contributed by atoms with Gasteiger partial charge in [-0.2, -0.15) is 15.2 Å². The number of fused-ring (bicyclic) bond motifs is 1. The maximum Gasteiger partial charge on any atom is 0.348 e. The highest BCUT2D eigenvalue weighted by Crippen LogP contribution is 2.35. The van der Waals surface area contributed by atoms with E-state index in [1.165, 1.54) is 10.9 Å². The van der Waals surface area contributed by atoms with Crippen LogP contribution in [0.1, 0.15) is 23.8 Å². The molecule has 0 radical (unpaired) electrons. The summed E-state index contributed by atoms with van der Waals surface area (Å²) in [7, 11) is 0. The first-order valence-corrected chi connectivity index (χ1v) is 12.6. The summed E-state index contributed by atoms with van der Waals surface area (Å²) >= 11 is 5.88. The molecule has 14 heteroatoms. The molecule has 0 aliphatic carbocycles. The van der Waals surface area contributed by atoms with Gasteiger partial charge in [0.1, 0.15) is 11.7 Å². The van der Waals surface area contributed by atoms with Crippen molar-refractivity contribution in [2.75, 3.05) is 12.3 Å². The molecule has 0 saturated carbocycles. The fourth-order valence-electron chi connectivity index (χ4n) is 4.72. The smallest absolute Gasteiger partial charge is 0.348 e. The van der Waals surface area contributed by atoms with Gasteiger partial charge < -0.3 is 25.4 Å². The van der Waals surface area contributed by atoms with Crippen molar-refractivity contribution < 1.29 is 33.7 Å². The number of benzene rings is 2. The minimum absolute atomic E-state index is 0.00189. The molecule has 3 heterocycles. The lowest BCUT2D eigenvalue weighted by molar-refractivity contribution is -0.188. The van der Waals surface area contributed by atoms with Gasteiger partial charge in [-0.15, -0.1) is 0 Å². The molecule has 3 atom stereocenters. The first kappa shape index (κ1) is 27.9. The van der Waals surface area contributed by atoms with E-state index in [0.717, 1.165) is 0 Å². The van der Waals surface area contributed by atoms with Gasteiger partial charge in [0, 0.05) is 12.8 Å². The number of hydrogen-bond acceptors (Lipinski definition) is 9. The van der Waals surface area contributed by atoms with Crippen LogP contribution in [0.2, 0.25) is 5.28 Å². The number of carboxylic acid groups (broad SMARTS) is 2. The predicted octanol–water partition coefficient (Wildman–Crippen LogP) is 3.39. The van der Waals surface area contributed by atoms with E-state index in [4.69, 9.17) is 26.8 Å². The third kappa shape index (κ3) is 5.28. The zero-order valence-electron chi connectivity index (χ0n) is 21.1. The minimum Gasteiger partial charge on any atom is -0.479 e. The van der Waals surface area contributed by atoms with Crippen LogP contribution in [0.4, 0.5) is 10.2 Å². The largest absolute Gasteiger partial charge is 0.479 e. The third-order valence-electron chi connectivity index (χ3n) is 6.80. The van der Waals surface area contributed by atoms with Gasteiger partial charge >= 0.3 is 11.9 Å². The molecule has 210 valence electrons. The molecule has 4 aromatic rings. The first-order valence-electron chi connectivity index (χ1n) is 12.3. The zero-order chi connectivity index (χ0) is 29.3. The summed E-state index contributed by atoms with van der Waals surface area (Å²) in [5, 5.41) is 29.1. The van der Waals surface area contributed by atoms with Crippen molar-refractivity contribution in [3.05, 3.63) is 71.3 Å². The molecule has 1 saturated heterocycles. The molecule has 0 amide bonds. The molecule has 41 heavy (non-hydrogen) atoms. The fraction of sp³-hybridized carbons (Fsp3) is 0.259. The first-order chi connectivity index (χ1) is 19.6. The van der Waals surface area contributed by atoms with Crippen LogP contribution in [0.3, 0.4) is 0 Å². The number of rotatable bonds is 9. The Kier molecular flexibility index (Phi) is 7.55. The number of ether oxygens (including phenoxy) is 2. The monoisotopic (exact) mass is 580 g/mol. The van der Waals surface area contributed by atoms with Crippen molar-refractivity contribution in [2.45, 2.75) is 36.9 Å². The van der Waals surface area contributed by atoms with Gasteiger partial charge in [-0.1, -0.05) is 42.5 Å². The number of hydrogen-bond donors (Lipinski definition) is 3. The van der Waals surface area contributed by atoms with Crippen LogP contribution in [0, 0.1) is 11.3 Å². The van der Waals surface area contributed by atoms with Gasteiger partial charge in [-0.05, 0) is 34.4 Å². The molecule has 3 unspecified atom stereocenters. The number of aliphatic carboxylic acids is 2. The van der Waals surface area contributed by atoms with E-state index in [0.29, 0.717) is 22.3 Å². The summed E-state index contributed by atoms with van der Waals surface area (Å²) < 4.78 is 27.6. The Labute approximate surface area is 236 Å². The van der Waals surface area contributed by atoms with Crippen LogP contribution >= 0.6 is 11.6 Å². The van der Waals surface area contributed by atoms with Crippen molar-refractivity contribution in [3.63, 3.8) is 0 Å². The second-order valence-electron chi connectivity index (χ2n) is 9.38. The number of anilines is 1. The Morgan fingerprint density at radius 3 is 2.59 bits per heavy atom. The van der Waals surface area contributed by atoms with Gasteiger partial charge in [-0.3, -0.25) is 4.57 Å². The molecule has 2 aromatic carbocycles. The molecule has 1 fully saturated rings. The molecule has 4 N–H and O–H groups in total. The number of nitriles is 1. The van der Waals surface area contributed by atoms with Crippen LogP contribution in [0.25, 0.3) is 22.3 Å². The summed E-state index contributed by atoms with van der Waals surface area (Å²) in [6.45, 7) is -0.520. The van der Waals surface area contributed by atoms with Gasteiger partial charge in [0.25, 0.3) is 5.60 Å². The highest BCUT2D eigenvalue weighted by Gasteiger charge is 2.50. The lowest BCUT2D eigenvalue weighted by Gasteiger charge is -2.27. The Morgan fingerprint density at radius 1 is 1.20 bits per heavy atom. The average molecular weight is 581 g/mol. The van der Waals surface area contributed by atoms with E-state index in [1.54, 1.807) is 48.5 Å². The normalized spacial score (nSPS) is 18.8. The number of carboxylic acids is 2. The number of nitrogens with two attached hydrogens (primary N) is 1. The number of imidazole rings is 1. The van der Waals surface area contributed by atoms with Gasteiger partial charge in [-0.25, -0.2) is 19.0 Å². The highest BCUT2D eigenvalue weighted by atomic mass is 35.5. The van der Waals surface area contributed by atoms with Crippen molar-refractivity contribution in [2.24, 2.45) is 0 Å². The lowest BCUT2D eigenvalue weighted by Crippen LogP contribution is -2.52. The van der Waals surface area contributed by atoms with Gasteiger partial charge in [0.15, 0.2) is 17.7 Å². The van der Waals surface area contributed by atoms with E-state index < -0.39 is 49.1 Å². The molecule has 0 spiro atoms. The van der Waals surface area contributed by atoms with Crippen LogP contribution in [0.15, 0.2) is 54.9 Å². The van der Waals surface area contributed by atoms with Crippen LogP contribution in [-0.4, -0.2) is 66.2 Å². The standard InChI is InChI=1S/C27H22ClFN6O6/c28-26-33-21(31)20-22(34-26)35(13-32-20)23-19(29)9-17(41-23)12-40-27(24(36)37,25(38)39)10-14-5-7-15(8-6-14)18-4-2-1-3-16(18)11-30/h1-8,13,17,19,23H,9-10,12H2,(H,36,37)(H,38,39)(H2,31,33,34). The van der Waals surface area contributed by atoms with Crippen molar-refractivity contribution in [1.82, 2.24) is 19.5 Å². The van der Waals surface area contributed by atoms with Crippen LogP contribution in [0.5, 0.6) is 0 Å². The maximum absolute atomic E-state index is 15.1. The van der Waals surface area contributed by atoms with E-state index >= 15 is 4.39 Å². The summed E-state index contributed by atoms with van der Waals surface area (Å²) in [6, 6.07) is 15.5. The van der Waals surface area contributed by atoms with Crippen LogP contribution in [-0.2, 0) is 25.5 Å². The molecule has 2 aromatic heterocycles.